The largest absolute Gasteiger partial charge is 0.481 e. The van der Waals surface area contributed by atoms with Crippen LogP contribution in [0.5, 0.6) is 0 Å². The molecule has 1 aromatic heterocycles. The van der Waals surface area contributed by atoms with Crippen LogP contribution in [0.4, 0.5) is 5.82 Å². The highest BCUT2D eigenvalue weighted by atomic mass is 32.2. The molecule has 0 saturated carbocycles. The molecule has 0 radical (unpaired) electrons. The molecule has 20 heavy (non-hydrogen) atoms. The number of aryl methyl sites for hydroxylation is 1. The number of nitrogens with zero attached hydrogens (tertiary/aromatic N) is 3. The van der Waals surface area contributed by atoms with Gasteiger partial charge in [-0.15, -0.1) is 0 Å². The predicted molar refractivity (Wildman–Crippen MR) is 81.6 cm³/mol. The fourth-order valence-corrected chi connectivity index (χ4v) is 3.37. The fourth-order valence-electron chi connectivity index (χ4n) is 2.31. The van der Waals surface area contributed by atoms with E-state index in [0.29, 0.717) is 0 Å². The van der Waals surface area contributed by atoms with Gasteiger partial charge in [-0.25, -0.2) is 9.97 Å². The van der Waals surface area contributed by atoms with E-state index in [4.69, 9.17) is 5.11 Å². The molecule has 1 unspecified atom stereocenters. The molecule has 1 aliphatic rings. The highest BCUT2D eigenvalue weighted by molar-refractivity contribution is 7.99. The van der Waals surface area contributed by atoms with E-state index in [2.05, 4.69) is 28.7 Å². The van der Waals surface area contributed by atoms with Crippen LogP contribution in [0.1, 0.15) is 37.7 Å². The summed E-state index contributed by atoms with van der Waals surface area (Å²) in [5.74, 6) is 3.06. The van der Waals surface area contributed by atoms with Crippen molar-refractivity contribution in [1.29, 1.82) is 0 Å². The van der Waals surface area contributed by atoms with Crippen molar-refractivity contribution in [1.82, 2.24) is 9.97 Å². The third-order valence-corrected chi connectivity index (χ3v) is 4.40. The van der Waals surface area contributed by atoms with E-state index >= 15 is 0 Å². The summed E-state index contributed by atoms with van der Waals surface area (Å²) in [4.78, 5) is 22.2. The lowest BCUT2D eigenvalue weighted by molar-refractivity contribution is -0.137. The molecule has 1 saturated heterocycles. The van der Waals surface area contributed by atoms with Crippen molar-refractivity contribution in [3.63, 3.8) is 0 Å². The van der Waals surface area contributed by atoms with E-state index < -0.39 is 5.97 Å². The Hall–Kier alpha value is -1.30. The quantitative estimate of drug-likeness (QED) is 0.919. The number of hydrogen-bond acceptors (Lipinski definition) is 5. The normalized spacial score (nSPS) is 19.4. The van der Waals surface area contributed by atoms with Crippen molar-refractivity contribution >= 4 is 23.5 Å². The van der Waals surface area contributed by atoms with E-state index in [1.54, 1.807) is 0 Å². The highest BCUT2D eigenvalue weighted by Gasteiger charge is 2.26. The van der Waals surface area contributed by atoms with Gasteiger partial charge >= 0.3 is 5.97 Å². The Balaban J connectivity index is 2.29. The van der Waals surface area contributed by atoms with Crippen LogP contribution in [0.3, 0.4) is 0 Å². The smallest absolute Gasteiger partial charge is 0.305 e. The predicted octanol–water partition coefficient (Wildman–Crippen LogP) is 2.30. The first-order valence-corrected chi connectivity index (χ1v) is 8.04. The van der Waals surface area contributed by atoms with Gasteiger partial charge in [-0.3, -0.25) is 4.79 Å². The Bertz CT molecular complexity index is 493. The minimum Gasteiger partial charge on any atom is -0.481 e. The first kappa shape index (κ1) is 15.1. The molecule has 0 aliphatic carbocycles. The zero-order chi connectivity index (χ0) is 14.7. The summed E-state index contributed by atoms with van der Waals surface area (Å²) >= 11 is 1.81. The second kappa shape index (κ2) is 6.43. The van der Waals surface area contributed by atoms with E-state index in [1.165, 1.54) is 0 Å². The topological polar surface area (TPSA) is 66.3 Å². The number of thioether (sulfide) groups is 1. The number of carboxylic acids is 1. The van der Waals surface area contributed by atoms with Gasteiger partial charge < -0.3 is 10.0 Å². The third-order valence-electron chi connectivity index (χ3n) is 3.31. The van der Waals surface area contributed by atoms with Gasteiger partial charge in [0.15, 0.2) is 0 Å². The van der Waals surface area contributed by atoms with Gasteiger partial charge in [-0.1, -0.05) is 13.8 Å². The minimum atomic E-state index is -0.752. The number of rotatable bonds is 4. The number of aliphatic carboxylic acids is 1. The molecular weight excluding hydrogens is 274 g/mol. The van der Waals surface area contributed by atoms with Crippen molar-refractivity contribution in [2.24, 2.45) is 0 Å². The third kappa shape index (κ3) is 3.62. The number of aromatic nitrogens is 2. The Kier molecular flexibility index (Phi) is 4.86. The van der Waals surface area contributed by atoms with Crippen LogP contribution < -0.4 is 4.90 Å². The number of hydrogen-bond donors (Lipinski definition) is 1. The van der Waals surface area contributed by atoms with Crippen LogP contribution in [-0.4, -0.2) is 45.1 Å². The summed E-state index contributed by atoms with van der Waals surface area (Å²) in [6.45, 7) is 6.94. The standard InChI is InChI=1S/C14H21N3O2S/c1-9(2)14-15-10(3)6-12(16-14)17-4-5-20-8-11(17)7-13(18)19/h6,9,11H,4-5,7-8H2,1-3H3,(H,18,19). The van der Waals surface area contributed by atoms with E-state index in [1.807, 2.05) is 24.8 Å². The molecule has 2 heterocycles. The Morgan fingerprint density at radius 2 is 2.30 bits per heavy atom. The lowest BCUT2D eigenvalue weighted by Crippen LogP contribution is -2.44. The van der Waals surface area contributed by atoms with E-state index in [0.717, 1.165) is 35.4 Å². The van der Waals surface area contributed by atoms with Gasteiger partial charge in [-0.2, -0.15) is 11.8 Å². The molecule has 2 rings (SSSR count). The molecule has 110 valence electrons. The lowest BCUT2D eigenvalue weighted by atomic mass is 10.1. The van der Waals surface area contributed by atoms with E-state index in [-0.39, 0.29) is 18.4 Å². The molecule has 0 aromatic carbocycles. The summed E-state index contributed by atoms with van der Waals surface area (Å²) in [5.41, 5.74) is 0.936. The summed E-state index contributed by atoms with van der Waals surface area (Å²) in [5, 5.41) is 9.06. The second-order valence-corrected chi connectivity index (χ2v) is 6.55. The molecular formula is C14H21N3O2S. The Morgan fingerprint density at radius 3 is 2.95 bits per heavy atom. The zero-order valence-corrected chi connectivity index (χ0v) is 13.0. The van der Waals surface area contributed by atoms with Crippen molar-refractivity contribution in [3.05, 3.63) is 17.6 Å². The minimum absolute atomic E-state index is 0.0144. The first-order valence-electron chi connectivity index (χ1n) is 6.89. The molecule has 5 nitrogen and oxygen atoms in total. The van der Waals surface area contributed by atoms with E-state index in [9.17, 15) is 4.79 Å². The van der Waals surface area contributed by atoms with Crippen molar-refractivity contribution in [2.45, 2.75) is 39.2 Å². The van der Waals surface area contributed by atoms with Gasteiger partial charge in [-0.05, 0) is 6.92 Å². The molecule has 0 amide bonds. The van der Waals surface area contributed by atoms with Gasteiger partial charge in [0, 0.05) is 41.8 Å². The van der Waals surface area contributed by atoms with Crippen molar-refractivity contribution in [3.8, 4) is 0 Å². The molecule has 1 N–H and O–H groups in total. The zero-order valence-electron chi connectivity index (χ0n) is 12.2. The van der Waals surface area contributed by atoms with Gasteiger partial charge in [0.05, 0.1) is 6.42 Å². The van der Waals surface area contributed by atoms with Crippen LogP contribution in [0.25, 0.3) is 0 Å². The summed E-state index contributed by atoms with van der Waals surface area (Å²) in [6, 6.07) is 1.97. The monoisotopic (exact) mass is 295 g/mol. The summed E-state index contributed by atoms with van der Waals surface area (Å²) in [6.07, 6.45) is 0.160. The van der Waals surface area contributed by atoms with Crippen LogP contribution in [0.15, 0.2) is 6.07 Å². The maximum atomic E-state index is 11.0. The molecule has 1 aromatic rings. The molecule has 0 spiro atoms. The molecule has 1 fully saturated rings. The van der Waals surface area contributed by atoms with Crippen LogP contribution >= 0.6 is 11.8 Å². The average molecular weight is 295 g/mol. The maximum absolute atomic E-state index is 11.0. The SMILES string of the molecule is Cc1cc(N2CCSCC2CC(=O)O)nc(C(C)C)n1. The molecule has 1 atom stereocenters. The summed E-state index contributed by atoms with van der Waals surface area (Å²) in [7, 11) is 0. The number of anilines is 1. The van der Waals surface area contributed by atoms with Crippen molar-refractivity contribution < 1.29 is 9.90 Å². The number of carboxylic acid groups (broad SMARTS) is 1. The highest BCUT2D eigenvalue weighted by Crippen LogP contribution is 2.26. The maximum Gasteiger partial charge on any atom is 0.305 e. The Labute approximate surface area is 123 Å². The van der Waals surface area contributed by atoms with Gasteiger partial charge in [0.1, 0.15) is 11.6 Å². The van der Waals surface area contributed by atoms with Crippen LogP contribution in [0, 0.1) is 6.92 Å². The number of carbonyl (C=O) groups is 1. The lowest BCUT2D eigenvalue weighted by Gasteiger charge is -2.35. The molecule has 0 bridgehead atoms. The average Bonchev–Trinajstić information content (AvgIpc) is 2.37. The summed E-state index contributed by atoms with van der Waals surface area (Å²) < 4.78 is 0. The van der Waals surface area contributed by atoms with Crippen LogP contribution in [-0.2, 0) is 4.79 Å². The fraction of sp³-hybridized carbons (Fsp3) is 0.643. The van der Waals surface area contributed by atoms with Crippen LogP contribution in [0.2, 0.25) is 0 Å². The van der Waals surface area contributed by atoms with Crippen molar-refractivity contribution in [2.75, 3.05) is 23.0 Å². The second-order valence-electron chi connectivity index (χ2n) is 5.40. The van der Waals surface area contributed by atoms with Gasteiger partial charge in [0.25, 0.3) is 0 Å². The molecule has 6 heteroatoms. The Morgan fingerprint density at radius 1 is 1.55 bits per heavy atom. The first-order chi connectivity index (χ1) is 9.47. The molecule has 1 aliphatic heterocycles. The van der Waals surface area contributed by atoms with Gasteiger partial charge in [0.2, 0.25) is 0 Å².